The summed E-state index contributed by atoms with van der Waals surface area (Å²) in [7, 11) is 0. The largest absolute Gasteiger partial charge is 0.419 e. The Kier molecular flexibility index (Phi) is 6.20. The number of ether oxygens (including phenoxy) is 1. The summed E-state index contributed by atoms with van der Waals surface area (Å²) >= 11 is 0. The molecule has 2 atom stereocenters. The van der Waals surface area contributed by atoms with Crippen molar-refractivity contribution >= 4 is 23.4 Å². The zero-order valence-corrected chi connectivity index (χ0v) is 18.0. The number of fused-ring (bicyclic) bond motifs is 1. The minimum Gasteiger partial charge on any atom is -0.408 e. The van der Waals surface area contributed by atoms with Crippen LogP contribution in [0.3, 0.4) is 0 Å². The number of nitrogens with two attached hydrogens (primary N) is 1. The van der Waals surface area contributed by atoms with Crippen LogP contribution in [-0.4, -0.2) is 48.7 Å². The Bertz CT molecular complexity index is 947. The molecule has 2 heterocycles. The molecule has 2 aliphatic rings. The molecule has 31 heavy (non-hydrogen) atoms. The predicted octanol–water partition coefficient (Wildman–Crippen LogP) is 2.64. The van der Waals surface area contributed by atoms with Crippen molar-refractivity contribution in [1.29, 1.82) is 0 Å². The van der Waals surface area contributed by atoms with Gasteiger partial charge in [-0.3, -0.25) is 14.7 Å². The van der Waals surface area contributed by atoms with Crippen molar-refractivity contribution in [2.45, 2.75) is 44.7 Å². The molecule has 0 radical (unpaired) electrons. The van der Waals surface area contributed by atoms with Gasteiger partial charge in [0.25, 0.3) is 0 Å². The van der Waals surface area contributed by atoms with Gasteiger partial charge in [-0.1, -0.05) is 6.07 Å². The Morgan fingerprint density at radius 3 is 2.74 bits per heavy atom. The third-order valence-corrected chi connectivity index (χ3v) is 5.82. The van der Waals surface area contributed by atoms with Crippen molar-refractivity contribution < 1.29 is 14.3 Å². The number of rotatable bonds is 6. The van der Waals surface area contributed by atoms with Crippen molar-refractivity contribution in [3.05, 3.63) is 48.3 Å². The van der Waals surface area contributed by atoms with Crippen LogP contribution in [0.5, 0.6) is 5.75 Å². The standard InChI is InChI=1S/C23H29N5O3/c1-15-14-27(23(30)31-20-4-3-9-25-13-20)22-10-17(5-8-21(22)28(15)16(2)29)18(11-24)12-26-19-6-7-19/h3-5,8-10,13,15,18-19,26H,6-7,11-12,14,24H2,1-2H3/t15-,18?/m0/s1. The lowest BCUT2D eigenvalue weighted by Gasteiger charge is -2.40. The maximum absolute atomic E-state index is 13.1. The Morgan fingerprint density at radius 2 is 2.10 bits per heavy atom. The molecule has 1 saturated carbocycles. The van der Waals surface area contributed by atoms with Gasteiger partial charge in [0.1, 0.15) is 0 Å². The van der Waals surface area contributed by atoms with E-state index in [1.54, 1.807) is 35.1 Å². The molecule has 2 amide bonds. The molecule has 2 aromatic rings. The number of pyridine rings is 1. The first-order valence-corrected chi connectivity index (χ1v) is 10.7. The van der Waals surface area contributed by atoms with Gasteiger partial charge in [0, 0.05) is 44.7 Å². The second kappa shape index (κ2) is 9.03. The highest BCUT2D eigenvalue weighted by Crippen LogP contribution is 2.38. The maximum atomic E-state index is 13.1. The fourth-order valence-electron chi connectivity index (χ4n) is 4.05. The van der Waals surface area contributed by atoms with E-state index >= 15 is 0 Å². The smallest absolute Gasteiger partial charge is 0.408 e. The van der Waals surface area contributed by atoms with Gasteiger partial charge in [-0.25, -0.2) is 4.79 Å². The van der Waals surface area contributed by atoms with Gasteiger partial charge in [-0.2, -0.15) is 0 Å². The van der Waals surface area contributed by atoms with Crippen LogP contribution in [0.1, 0.15) is 38.2 Å². The van der Waals surface area contributed by atoms with Crippen LogP contribution >= 0.6 is 0 Å². The molecule has 8 heteroatoms. The molecule has 8 nitrogen and oxygen atoms in total. The van der Waals surface area contributed by atoms with E-state index in [0.717, 1.165) is 12.1 Å². The maximum Gasteiger partial charge on any atom is 0.419 e. The van der Waals surface area contributed by atoms with E-state index in [2.05, 4.69) is 10.3 Å². The van der Waals surface area contributed by atoms with Crippen LogP contribution in [-0.2, 0) is 4.79 Å². The molecule has 1 aromatic carbocycles. The molecule has 1 unspecified atom stereocenters. The summed E-state index contributed by atoms with van der Waals surface area (Å²) in [6.45, 7) is 5.08. The van der Waals surface area contributed by atoms with E-state index in [9.17, 15) is 9.59 Å². The highest BCUT2D eigenvalue weighted by Gasteiger charge is 2.35. The molecule has 1 aromatic heterocycles. The molecule has 1 fully saturated rings. The Balaban J connectivity index is 1.66. The summed E-state index contributed by atoms with van der Waals surface area (Å²) < 4.78 is 5.55. The summed E-state index contributed by atoms with van der Waals surface area (Å²) in [5.41, 5.74) is 8.45. The molecule has 4 rings (SSSR count). The quantitative estimate of drug-likeness (QED) is 0.741. The minimum atomic E-state index is -0.498. The van der Waals surface area contributed by atoms with E-state index in [4.69, 9.17) is 10.5 Å². The zero-order chi connectivity index (χ0) is 22.0. The molecule has 164 valence electrons. The second-order valence-corrected chi connectivity index (χ2v) is 8.27. The van der Waals surface area contributed by atoms with Gasteiger partial charge >= 0.3 is 6.09 Å². The number of aromatic nitrogens is 1. The Hall–Kier alpha value is -2.97. The van der Waals surface area contributed by atoms with E-state index in [1.807, 2.05) is 25.1 Å². The van der Waals surface area contributed by atoms with Gasteiger partial charge in [-0.05, 0) is 49.6 Å². The number of benzene rings is 1. The summed E-state index contributed by atoms with van der Waals surface area (Å²) in [5, 5.41) is 3.53. The highest BCUT2D eigenvalue weighted by molar-refractivity contribution is 6.02. The van der Waals surface area contributed by atoms with Crippen molar-refractivity contribution in [2.24, 2.45) is 5.73 Å². The van der Waals surface area contributed by atoms with Crippen molar-refractivity contribution in [3.8, 4) is 5.75 Å². The number of amides is 2. The van der Waals surface area contributed by atoms with Crippen molar-refractivity contribution in [1.82, 2.24) is 10.3 Å². The minimum absolute atomic E-state index is 0.0625. The topological polar surface area (TPSA) is 101 Å². The number of nitrogens with one attached hydrogen (secondary N) is 1. The van der Waals surface area contributed by atoms with Crippen LogP contribution in [0.2, 0.25) is 0 Å². The van der Waals surface area contributed by atoms with Gasteiger partial charge in [0.2, 0.25) is 5.91 Å². The fraction of sp³-hybridized carbons (Fsp3) is 0.435. The summed E-state index contributed by atoms with van der Waals surface area (Å²) in [4.78, 5) is 32.7. The lowest BCUT2D eigenvalue weighted by Crippen LogP contribution is -2.52. The third kappa shape index (κ3) is 4.70. The molecular weight excluding hydrogens is 394 g/mol. The second-order valence-electron chi connectivity index (χ2n) is 8.27. The van der Waals surface area contributed by atoms with Crippen molar-refractivity contribution in [2.75, 3.05) is 29.4 Å². The number of carbonyl (C=O) groups excluding carboxylic acids is 2. The van der Waals surface area contributed by atoms with E-state index in [-0.39, 0.29) is 17.9 Å². The molecular formula is C23H29N5O3. The van der Waals surface area contributed by atoms with Crippen LogP contribution in [0.15, 0.2) is 42.7 Å². The molecule has 0 spiro atoms. The first-order valence-electron chi connectivity index (χ1n) is 10.7. The summed E-state index contributed by atoms with van der Waals surface area (Å²) in [6, 6.07) is 9.68. The Labute approximate surface area is 182 Å². The van der Waals surface area contributed by atoms with Gasteiger partial charge in [0.15, 0.2) is 5.75 Å². The third-order valence-electron chi connectivity index (χ3n) is 5.82. The van der Waals surface area contributed by atoms with Crippen LogP contribution in [0.4, 0.5) is 16.2 Å². The van der Waals surface area contributed by atoms with Crippen LogP contribution in [0, 0.1) is 0 Å². The molecule has 0 saturated heterocycles. The van der Waals surface area contributed by atoms with Crippen LogP contribution < -0.4 is 25.6 Å². The van der Waals surface area contributed by atoms with Gasteiger partial charge < -0.3 is 20.7 Å². The summed E-state index contributed by atoms with van der Waals surface area (Å²) in [5.74, 6) is 0.431. The molecule has 3 N–H and O–H groups in total. The first kappa shape index (κ1) is 21.3. The van der Waals surface area contributed by atoms with E-state index in [0.29, 0.717) is 36.3 Å². The average Bonchev–Trinajstić information content (AvgIpc) is 3.58. The number of anilines is 2. The highest BCUT2D eigenvalue weighted by atomic mass is 16.6. The normalized spacial score (nSPS) is 19.0. The lowest BCUT2D eigenvalue weighted by atomic mass is 9.96. The number of carbonyl (C=O) groups is 2. The van der Waals surface area contributed by atoms with Gasteiger partial charge in [-0.15, -0.1) is 0 Å². The predicted molar refractivity (Wildman–Crippen MR) is 119 cm³/mol. The summed E-state index contributed by atoms with van der Waals surface area (Å²) in [6.07, 6.45) is 5.04. The number of hydrogen-bond acceptors (Lipinski definition) is 6. The van der Waals surface area contributed by atoms with Gasteiger partial charge in [0.05, 0.1) is 23.6 Å². The molecule has 0 bridgehead atoms. The SMILES string of the molecule is CC(=O)N1c2ccc(C(CN)CNC3CC3)cc2N(C(=O)Oc2cccnc2)C[C@@H]1C. The van der Waals surface area contributed by atoms with E-state index < -0.39 is 6.09 Å². The Morgan fingerprint density at radius 1 is 1.29 bits per heavy atom. The lowest BCUT2D eigenvalue weighted by molar-refractivity contribution is -0.117. The van der Waals surface area contributed by atoms with Crippen LogP contribution in [0.25, 0.3) is 0 Å². The zero-order valence-electron chi connectivity index (χ0n) is 18.0. The van der Waals surface area contributed by atoms with Crippen molar-refractivity contribution in [3.63, 3.8) is 0 Å². The molecule has 1 aliphatic carbocycles. The molecule has 1 aliphatic heterocycles. The number of nitrogens with zero attached hydrogens (tertiary/aromatic N) is 3. The monoisotopic (exact) mass is 423 g/mol. The van der Waals surface area contributed by atoms with E-state index in [1.165, 1.54) is 19.0 Å². The first-order chi connectivity index (χ1) is 15.0. The fourth-order valence-corrected chi connectivity index (χ4v) is 4.05. The number of hydrogen-bond donors (Lipinski definition) is 2. The average molecular weight is 424 g/mol.